The molecule has 1 heterocycles. The van der Waals surface area contributed by atoms with Crippen molar-refractivity contribution < 1.29 is 14.9 Å². The molecular weight excluding hydrogens is 120 g/mol. The van der Waals surface area contributed by atoms with E-state index in [0.29, 0.717) is 18.9 Å². The van der Waals surface area contributed by atoms with Crippen LogP contribution in [0, 0.1) is 5.92 Å². The van der Waals surface area contributed by atoms with E-state index in [1.165, 1.54) is 0 Å². The lowest BCUT2D eigenvalue weighted by Crippen LogP contribution is -2.37. The Morgan fingerprint density at radius 2 is 2.11 bits per heavy atom. The van der Waals surface area contributed by atoms with Crippen LogP contribution in [-0.4, -0.2) is 29.2 Å². The van der Waals surface area contributed by atoms with Crippen LogP contribution >= 0.6 is 0 Å². The Labute approximate surface area is 54.3 Å². The average molecular weight is 132 g/mol. The Kier molecular flexibility index (Phi) is 2.05. The van der Waals surface area contributed by atoms with E-state index in [1.807, 2.05) is 6.92 Å². The van der Waals surface area contributed by atoms with Gasteiger partial charge in [-0.1, -0.05) is 6.92 Å². The summed E-state index contributed by atoms with van der Waals surface area (Å²) in [4.78, 5) is 0. The van der Waals surface area contributed by atoms with Crippen LogP contribution in [-0.2, 0) is 4.74 Å². The third kappa shape index (κ3) is 1.64. The minimum Gasteiger partial charge on any atom is -0.388 e. The van der Waals surface area contributed by atoms with Crippen LogP contribution in [0.5, 0.6) is 0 Å². The molecule has 1 saturated heterocycles. The fourth-order valence-electron chi connectivity index (χ4n) is 0.971. The van der Waals surface area contributed by atoms with E-state index in [0.717, 1.165) is 0 Å². The van der Waals surface area contributed by atoms with Crippen LogP contribution in [0.2, 0.25) is 0 Å². The van der Waals surface area contributed by atoms with Crippen LogP contribution < -0.4 is 0 Å². The Hall–Kier alpha value is -0.120. The highest BCUT2D eigenvalue weighted by atomic mass is 16.6. The molecule has 0 aromatic rings. The minimum atomic E-state index is -0.957. The first-order valence-corrected chi connectivity index (χ1v) is 3.18. The molecule has 0 aromatic carbocycles. The van der Waals surface area contributed by atoms with Gasteiger partial charge >= 0.3 is 0 Å². The monoisotopic (exact) mass is 132 g/mol. The molecule has 9 heavy (non-hydrogen) atoms. The van der Waals surface area contributed by atoms with Crippen molar-refractivity contribution in [2.24, 2.45) is 5.92 Å². The fraction of sp³-hybridized carbons (Fsp3) is 1.00. The number of aliphatic hydroxyl groups excluding tert-OH is 2. The number of hydrogen-bond donors (Lipinski definition) is 2. The highest BCUT2D eigenvalue weighted by molar-refractivity contribution is 4.68. The number of rotatable bonds is 0. The molecule has 0 aromatic heterocycles. The summed E-state index contributed by atoms with van der Waals surface area (Å²) >= 11 is 0. The van der Waals surface area contributed by atoms with Crippen molar-refractivity contribution in [1.82, 2.24) is 0 Å². The molecule has 2 unspecified atom stereocenters. The molecule has 0 saturated carbocycles. The highest BCUT2D eigenvalue weighted by Crippen LogP contribution is 2.16. The Bertz CT molecular complexity index is 94.3. The summed E-state index contributed by atoms with van der Waals surface area (Å²) in [7, 11) is 0. The van der Waals surface area contributed by atoms with Gasteiger partial charge in [-0.25, -0.2) is 0 Å². The lowest BCUT2D eigenvalue weighted by molar-refractivity contribution is -0.198. The van der Waals surface area contributed by atoms with E-state index < -0.39 is 12.4 Å². The van der Waals surface area contributed by atoms with Crippen molar-refractivity contribution >= 4 is 0 Å². The second kappa shape index (κ2) is 2.64. The van der Waals surface area contributed by atoms with E-state index in [1.54, 1.807) is 0 Å². The van der Waals surface area contributed by atoms with Gasteiger partial charge in [0.05, 0.1) is 6.61 Å². The van der Waals surface area contributed by atoms with Crippen molar-refractivity contribution in [2.45, 2.75) is 25.7 Å². The first kappa shape index (κ1) is 6.99. The zero-order valence-corrected chi connectivity index (χ0v) is 5.45. The number of ether oxygens (including phenoxy) is 1. The molecule has 0 amide bonds. The van der Waals surface area contributed by atoms with Gasteiger partial charge in [-0.15, -0.1) is 0 Å². The van der Waals surface area contributed by atoms with Gasteiger partial charge in [-0.2, -0.15) is 0 Å². The van der Waals surface area contributed by atoms with E-state index in [9.17, 15) is 0 Å². The van der Waals surface area contributed by atoms with Crippen LogP contribution in [0.25, 0.3) is 0 Å². The van der Waals surface area contributed by atoms with Gasteiger partial charge in [0.2, 0.25) is 0 Å². The van der Waals surface area contributed by atoms with Crippen molar-refractivity contribution in [3.05, 3.63) is 0 Å². The Morgan fingerprint density at radius 1 is 1.44 bits per heavy atom. The highest BCUT2D eigenvalue weighted by Gasteiger charge is 2.25. The van der Waals surface area contributed by atoms with Gasteiger partial charge in [0.25, 0.3) is 0 Å². The minimum absolute atomic E-state index is 0.364. The molecule has 1 aliphatic rings. The predicted molar refractivity (Wildman–Crippen MR) is 31.7 cm³/mol. The van der Waals surface area contributed by atoms with E-state index in [4.69, 9.17) is 14.9 Å². The molecule has 0 spiro atoms. The molecule has 1 fully saturated rings. The van der Waals surface area contributed by atoms with Gasteiger partial charge in [-0.05, 0) is 12.3 Å². The quantitative estimate of drug-likeness (QED) is 0.476. The molecule has 1 rings (SSSR count). The van der Waals surface area contributed by atoms with Crippen LogP contribution in [0.4, 0.5) is 0 Å². The molecule has 1 aliphatic heterocycles. The standard InChI is InChI=1S/C6H12O3/c1-4-2-5(7)6(8)9-3-4/h4-8H,2-3H2,1H3/t4?,5-,6?/m0/s1. The zero-order valence-electron chi connectivity index (χ0n) is 5.45. The average Bonchev–Trinajstić information content (AvgIpc) is 1.80. The summed E-state index contributed by atoms with van der Waals surface area (Å²) in [5.74, 6) is 0.364. The molecule has 3 heteroatoms. The summed E-state index contributed by atoms with van der Waals surface area (Å²) in [6.45, 7) is 2.54. The Balaban J connectivity index is 2.35. The van der Waals surface area contributed by atoms with Gasteiger partial charge in [0, 0.05) is 0 Å². The molecule has 0 aliphatic carbocycles. The molecule has 2 N–H and O–H groups in total. The van der Waals surface area contributed by atoms with Crippen LogP contribution in [0.15, 0.2) is 0 Å². The van der Waals surface area contributed by atoms with E-state index in [2.05, 4.69) is 0 Å². The summed E-state index contributed by atoms with van der Waals surface area (Å²) < 4.78 is 4.81. The number of hydrogen-bond acceptors (Lipinski definition) is 3. The smallest absolute Gasteiger partial charge is 0.180 e. The summed E-state index contributed by atoms with van der Waals surface area (Å²) in [5, 5.41) is 17.8. The maximum Gasteiger partial charge on any atom is 0.180 e. The Morgan fingerprint density at radius 3 is 2.56 bits per heavy atom. The van der Waals surface area contributed by atoms with Gasteiger partial charge in [0.1, 0.15) is 6.10 Å². The molecular formula is C6H12O3. The van der Waals surface area contributed by atoms with Crippen LogP contribution in [0.1, 0.15) is 13.3 Å². The SMILES string of the molecule is CC1COC(O)[C@@H](O)C1. The van der Waals surface area contributed by atoms with Crippen molar-refractivity contribution in [1.29, 1.82) is 0 Å². The van der Waals surface area contributed by atoms with Crippen molar-refractivity contribution in [3.8, 4) is 0 Å². The summed E-state index contributed by atoms with van der Waals surface area (Å²) in [6.07, 6.45) is -1.00. The topological polar surface area (TPSA) is 49.7 Å². The van der Waals surface area contributed by atoms with Crippen molar-refractivity contribution in [2.75, 3.05) is 6.61 Å². The van der Waals surface area contributed by atoms with Crippen molar-refractivity contribution in [3.63, 3.8) is 0 Å². The van der Waals surface area contributed by atoms with Crippen LogP contribution in [0.3, 0.4) is 0 Å². The molecule has 3 atom stereocenters. The summed E-state index contributed by atoms with van der Waals surface area (Å²) in [6, 6.07) is 0. The van der Waals surface area contributed by atoms with Gasteiger partial charge in [-0.3, -0.25) is 0 Å². The van der Waals surface area contributed by atoms with E-state index in [-0.39, 0.29) is 0 Å². The summed E-state index contributed by atoms with van der Waals surface area (Å²) in [5.41, 5.74) is 0. The second-order valence-corrected chi connectivity index (χ2v) is 2.63. The maximum atomic E-state index is 8.97. The zero-order chi connectivity index (χ0) is 6.85. The van der Waals surface area contributed by atoms with Gasteiger partial charge < -0.3 is 14.9 Å². The predicted octanol–water partition coefficient (Wildman–Crippen LogP) is -0.278. The number of aliphatic hydroxyl groups is 2. The van der Waals surface area contributed by atoms with E-state index >= 15 is 0 Å². The first-order valence-electron chi connectivity index (χ1n) is 3.18. The largest absolute Gasteiger partial charge is 0.388 e. The normalized spacial score (nSPS) is 45.0. The molecule has 54 valence electrons. The first-order chi connectivity index (χ1) is 4.20. The second-order valence-electron chi connectivity index (χ2n) is 2.63. The lowest BCUT2D eigenvalue weighted by Gasteiger charge is -2.27. The fourth-order valence-corrected chi connectivity index (χ4v) is 0.971. The third-order valence-corrected chi connectivity index (χ3v) is 1.52. The third-order valence-electron chi connectivity index (χ3n) is 1.52. The lowest BCUT2D eigenvalue weighted by atomic mass is 10.0. The maximum absolute atomic E-state index is 8.97. The molecule has 0 bridgehead atoms. The van der Waals surface area contributed by atoms with Gasteiger partial charge in [0.15, 0.2) is 6.29 Å². The molecule has 0 radical (unpaired) electrons. The molecule has 3 nitrogen and oxygen atoms in total.